The number of rotatable bonds is 7. The summed E-state index contributed by atoms with van der Waals surface area (Å²) in [6.45, 7) is 9.68. The number of likely N-dealkylation sites (N-methyl/N-ethyl adjacent to an activating group) is 1. The predicted molar refractivity (Wildman–Crippen MR) is 162 cm³/mol. The van der Waals surface area contributed by atoms with E-state index in [0.717, 1.165) is 78.6 Å². The van der Waals surface area contributed by atoms with E-state index < -0.39 is 0 Å². The van der Waals surface area contributed by atoms with Gasteiger partial charge in [-0.15, -0.1) is 0 Å². The Morgan fingerprint density at radius 1 is 0.900 bits per heavy atom. The molecule has 0 atom stereocenters. The number of anilines is 3. The number of carbonyl (C=O) groups excluding carboxylic acids is 1. The highest BCUT2D eigenvalue weighted by Crippen LogP contribution is 2.27. The molecule has 40 heavy (non-hydrogen) atoms. The normalized spacial score (nSPS) is 14.0. The number of aryl methyl sites for hydroxylation is 1. The van der Waals surface area contributed by atoms with Crippen LogP contribution in [-0.2, 0) is 6.42 Å². The molecule has 9 nitrogen and oxygen atoms in total. The van der Waals surface area contributed by atoms with Crippen LogP contribution in [0.3, 0.4) is 0 Å². The van der Waals surface area contributed by atoms with Crippen molar-refractivity contribution in [1.29, 1.82) is 0 Å². The molecular formula is C31H34N8O. The van der Waals surface area contributed by atoms with Gasteiger partial charge in [0.15, 0.2) is 5.82 Å². The van der Waals surface area contributed by atoms with Gasteiger partial charge in [-0.3, -0.25) is 5.10 Å². The molecule has 2 amide bonds. The third-order valence-electron chi connectivity index (χ3n) is 7.51. The molecule has 0 aliphatic carbocycles. The number of H-pyrrole nitrogens is 2. The molecule has 0 unspecified atom stereocenters. The number of benzene rings is 3. The quantitative estimate of drug-likeness (QED) is 0.206. The van der Waals surface area contributed by atoms with E-state index in [1.54, 1.807) is 0 Å². The number of aromatic amines is 2. The van der Waals surface area contributed by atoms with Gasteiger partial charge in [0, 0.05) is 48.8 Å². The molecule has 0 radical (unpaired) electrons. The molecule has 1 saturated heterocycles. The predicted octanol–water partition coefficient (Wildman–Crippen LogP) is 5.97. The van der Waals surface area contributed by atoms with Gasteiger partial charge < -0.3 is 25.4 Å². The second-order valence-corrected chi connectivity index (χ2v) is 10.1. The number of piperazine rings is 1. The van der Waals surface area contributed by atoms with E-state index in [9.17, 15) is 4.79 Å². The Morgan fingerprint density at radius 2 is 1.70 bits per heavy atom. The van der Waals surface area contributed by atoms with Crippen molar-refractivity contribution in [2.45, 2.75) is 20.3 Å². The fraction of sp³-hybridized carbons (Fsp3) is 0.258. The first kappa shape index (κ1) is 25.6. The van der Waals surface area contributed by atoms with Crippen LogP contribution in [0.15, 0.2) is 72.8 Å². The molecule has 3 heterocycles. The standard InChI is InChI=1S/C31H34N8O/c1-3-21-6-5-7-24(18-21)33-31(40)32-23-10-8-22(9-11-23)27-20-29(37-36-27)30-34-26-13-12-25(19-28(26)35-30)39-16-14-38(4-2)15-17-39/h5-13,18-20H,3-4,14-17H2,1-2H3,(H,34,35)(H,36,37)(H2,32,33,40). The van der Waals surface area contributed by atoms with Crippen LogP contribution in [-0.4, -0.2) is 63.8 Å². The number of imidazole rings is 1. The number of nitrogens with zero attached hydrogens (tertiary/aromatic N) is 4. The van der Waals surface area contributed by atoms with Crippen molar-refractivity contribution in [3.05, 3.63) is 78.4 Å². The van der Waals surface area contributed by atoms with E-state index in [1.807, 2.05) is 54.6 Å². The Balaban J connectivity index is 1.11. The molecular weight excluding hydrogens is 500 g/mol. The summed E-state index contributed by atoms with van der Waals surface area (Å²) in [5.74, 6) is 0.754. The zero-order valence-corrected chi connectivity index (χ0v) is 22.9. The maximum atomic E-state index is 12.5. The van der Waals surface area contributed by atoms with Crippen LogP contribution in [0.5, 0.6) is 0 Å². The van der Waals surface area contributed by atoms with Crippen molar-refractivity contribution in [2.24, 2.45) is 0 Å². The summed E-state index contributed by atoms with van der Waals surface area (Å²) in [5, 5.41) is 13.4. The largest absolute Gasteiger partial charge is 0.369 e. The molecule has 9 heteroatoms. The lowest BCUT2D eigenvalue weighted by molar-refractivity contribution is 0.262. The fourth-order valence-electron chi connectivity index (χ4n) is 5.12. The molecule has 1 aliphatic heterocycles. The summed E-state index contributed by atoms with van der Waals surface area (Å²) in [5.41, 5.74) is 8.37. The first-order chi connectivity index (χ1) is 19.6. The smallest absolute Gasteiger partial charge is 0.323 e. The lowest BCUT2D eigenvalue weighted by Crippen LogP contribution is -2.46. The molecule has 6 rings (SSSR count). The number of hydrogen-bond donors (Lipinski definition) is 4. The molecule has 0 bridgehead atoms. The number of hydrogen-bond acceptors (Lipinski definition) is 5. The lowest BCUT2D eigenvalue weighted by atomic mass is 10.1. The third kappa shape index (κ3) is 5.55. The van der Waals surface area contributed by atoms with E-state index in [4.69, 9.17) is 4.98 Å². The Kier molecular flexibility index (Phi) is 7.20. The summed E-state index contributed by atoms with van der Waals surface area (Å²) >= 11 is 0. The van der Waals surface area contributed by atoms with Crippen LogP contribution >= 0.6 is 0 Å². The molecule has 4 N–H and O–H groups in total. The number of nitrogens with one attached hydrogen (secondary N) is 4. The summed E-state index contributed by atoms with van der Waals surface area (Å²) in [6.07, 6.45) is 0.918. The average molecular weight is 535 g/mol. The van der Waals surface area contributed by atoms with Crippen LogP contribution in [0, 0.1) is 0 Å². The highest BCUT2D eigenvalue weighted by molar-refractivity contribution is 5.99. The molecule has 0 spiro atoms. The van der Waals surface area contributed by atoms with Crippen molar-refractivity contribution in [2.75, 3.05) is 48.3 Å². The fourth-order valence-corrected chi connectivity index (χ4v) is 5.12. The number of urea groups is 1. The van der Waals surface area contributed by atoms with Gasteiger partial charge in [-0.1, -0.05) is 38.1 Å². The maximum Gasteiger partial charge on any atom is 0.323 e. The minimum Gasteiger partial charge on any atom is -0.369 e. The van der Waals surface area contributed by atoms with E-state index in [2.05, 4.69) is 67.7 Å². The summed E-state index contributed by atoms with van der Waals surface area (Å²) in [7, 11) is 0. The molecule has 5 aromatic rings. The highest BCUT2D eigenvalue weighted by Gasteiger charge is 2.17. The van der Waals surface area contributed by atoms with Crippen LogP contribution < -0.4 is 15.5 Å². The van der Waals surface area contributed by atoms with E-state index in [1.165, 1.54) is 11.3 Å². The summed E-state index contributed by atoms with van der Waals surface area (Å²) < 4.78 is 0. The first-order valence-corrected chi connectivity index (χ1v) is 13.9. The highest BCUT2D eigenvalue weighted by atomic mass is 16.2. The Labute approximate surface area is 233 Å². The monoisotopic (exact) mass is 534 g/mol. The van der Waals surface area contributed by atoms with Gasteiger partial charge in [-0.2, -0.15) is 5.10 Å². The summed E-state index contributed by atoms with van der Waals surface area (Å²) in [6, 6.07) is 23.6. The lowest BCUT2D eigenvalue weighted by Gasteiger charge is -2.35. The van der Waals surface area contributed by atoms with Gasteiger partial charge in [-0.25, -0.2) is 9.78 Å². The Hall–Kier alpha value is -4.63. The number of carbonyl (C=O) groups is 1. The van der Waals surface area contributed by atoms with Gasteiger partial charge in [0.2, 0.25) is 0 Å². The van der Waals surface area contributed by atoms with Crippen molar-refractivity contribution in [1.82, 2.24) is 25.1 Å². The van der Waals surface area contributed by atoms with Crippen LogP contribution in [0.1, 0.15) is 19.4 Å². The van der Waals surface area contributed by atoms with Gasteiger partial charge in [0.1, 0.15) is 5.69 Å². The zero-order valence-electron chi connectivity index (χ0n) is 22.9. The average Bonchev–Trinajstić information content (AvgIpc) is 3.65. The van der Waals surface area contributed by atoms with Crippen molar-refractivity contribution < 1.29 is 4.79 Å². The van der Waals surface area contributed by atoms with E-state index in [0.29, 0.717) is 5.69 Å². The molecule has 3 aromatic carbocycles. The third-order valence-corrected chi connectivity index (χ3v) is 7.51. The maximum absolute atomic E-state index is 12.5. The topological polar surface area (TPSA) is 105 Å². The van der Waals surface area contributed by atoms with Gasteiger partial charge in [0.05, 0.1) is 16.7 Å². The molecule has 1 aliphatic rings. The molecule has 0 saturated carbocycles. The molecule has 1 fully saturated rings. The summed E-state index contributed by atoms with van der Waals surface area (Å²) in [4.78, 5) is 25.6. The number of amides is 2. The van der Waals surface area contributed by atoms with Crippen LogP contribution in [0.2, 0.25) is 0 Å². The van der Waals surface area contributed by atoms with Gasteiger partial charge in [-0.05, 0) is 67.1 Å². The van der Waals surface area contributed by atoms with Gasteiger partial charge in [0.25, 0.3) is 0 Å². The van der Waals surface area contributed by atoms with E-state index in [-0.39, 0.29) is 6.03 Å². The molecule has 2 aromatic heterocycles. The Bertz CT molecular complexity index is 1610. The zero-order chi connectivity index (χ0) is 27.5. The minimum absolute atomic E-state index is 0.278. The second-order valence-electron chi connectivity index (χ2n) is 10.1. The van der Waals surface area contributed by atoms with E-state index >= 15 is 0 Å². The SMILES string of the molecule is CCc1cccc(NC(=O)Nc2ccc(-c3cc(-c4nc5ccc(N6CCN(CC)CC6)cc5[nH]4)[nH]n3)cc2)c1. The minimum atomic E-state index is -0.278. The van der Waals surface area contributed by atoms with Crippen molar-refractivity contribution >= 4 is 34.1 Å². The first-order valence-electron chi connectivity index (χ1n) is 13.9. The van der Waals surface area contributed by atoms with Crippen LogP contribution in [0.4, 0.5) is 21.9 Å². The second kappa shape index (κ2) is 11.2. The number of aromatic nitrogens is 4. The van der Waals surface area contributed by atoms with Crippen LogP contribution in [0.25, 0.3) is 33.8 Å². The number of fused-ring (bicyclic) bond motifs is 1. The molecule has 204 valence electrons. The Morgan fingerprint density at radius 3 is 2.48 bits per heavy atom. The van der Waals surface area contributed by atoms with Gasteiger partial charge >= 0.3 is 6.03 Å². The van der Waals surface area contributed by atoms with Crippen molar-refractivity contribution in [3.8, 4) is 22.8 Å². The van der Waals surface area contributed by atoms with Crippen molar-refractivity contribution in [3.63, 3.8) is 0 Å².